The molecule has 0 amide bonds. The van der Waals surface area contributed by atoms with Gasteiger partial charge in [0, 0.05) is 9.75 Å². The summed E-state index contributed by atoms with van der Waals surface area (Å²) in [6.07, 6.45) is 4.38. The molecular weight excluding hydrogens is 180 g/mol. The van der Waals surface area contributed by atoms with Gasteiger partial charge in [0.15, 0.2) is 0 Å². The fraction of sp³-hybridized carbons (Fsp3) is 0.455. The zero-order chi connectivity index (χ0) is 10.1. The molecule has 1 rings (SSSR count). The van der Waals surface area contributed by atoms with Gasteiger partial charge in [0.2, 0.25) is 0 Å². The van der Waals surface area contributed by atoms with Crippen LogP contribution in [0.2, 0.25) is 0 Å². The Hall–Kier alpha value is -0.780. The topological polar surface area (TPSA) is 20.2 Å². The van der Waals surface area contributed by atoms with Crippen molar-refractivity contribution < 1.29 is 5.11 Å². The summed E-state index contributed by atoms with van der Waals surface area (Å²) in [5.74, 6) is 2.31. The Morgan fingerprint density at radius 1 is 1.46 bits per heavy atom. The second kappa shape index (κ2) is 3.53. The highest BCUT2D eigenvalue weighted by atomic mass is 32.1. The van der Waals surface area contributed by atoms with Crippen LogP contribution in [0.5, 0.6) is 0 Å². The van der Waals surface area contributed by atoms with Crippen molar-refractivity contribution in [1.82, 2.24) is 0 Å². The van der Waals surface area contributed by atoms with E-state index >= 15 is 0 Å². The Morgan fingerprint density at radius 3 is 2.46 bits per heavy atom. The van der Waals surface area contributed by atoms with Crippen molar-refractivity contribution in [2.45, 2.75) is 32.3 Å². The molecule has 1 aromatic rings. The minimum atomic E-state index is -0.749. The Bertz CT molecular complexity index is 325. The molecule has 0 aliphatic rings. The van der Waals surface area contributed by atoms with E-state index in [0.29, 0.717) is 0 Å². The molecule has 0 aliphatic heterocycles. The maximum absolute atomic E-state index is 9.38. The molecule has 0 radical (unpaired) electrons. The lowest BCUT2D eigenvalue weighted by Gasteiger charge is -2.15. The molecule has 13 heavy (non-hydrogen) atoms. The molecule has 1 nitrogen and oxygen atoms in total. The molecule has 1 heterocycles. The van der Waals surface area contributed by atoms with Crippen molar-refractivity contribution in [1.29, 1.82) is 0 Å². The summed E-state index contributed by atoms with van der Waals surface area (Å²) >= 11 is 1.58. The number of hydrogen-bond acceptors (Lipinski definition) is 2. The van der Waals surface area contributed by atoms with Gasteiger partial charge in [-0.1, -0.05) is 26.7 Å². The quantitative estimate of drug-likeness (QED) is 0.681. The molecule has 2 heteroatoms. The first-order valence-electron chi connectivity index (χ1n) is 4.19. The van der Waals surface area contributed by atoms with Gasteiger partial charge in [-0.05, 0) is 17.5 Å². The van der Waals surface area contributed by atoms with Crippen molar-refractivity contribution in [2.75, 3.05) is 0 Å². The summed E-state index contributed by atoms with van der Waals surface area (Å²) in [5, 5.41) is 9.38. The number of terminal acetylenes is 1. The van der Waals surface area contributed by atoms with E-state index in [4.69, 9.17) is 6.42 Å². The highest BCUT2D eigenvalue weighted by molar-refractivity contribution is 7.12. The minimum absolute atomic E-state index is 0.136. The molecule has 0 saturated carbocycles. The van der Waals surface area contributed by atoms with E-state index in [2.05, 4.69) is 26.7 Å². The molecule has 1 aromatic heterocycles. The fourth-order valence-electron chi connectivity index (χ4n) is 0.985. The molecule has 0 bridgehead atoms. The van der Waals surface area contributed by atoms with Crippen molar-refractivity contribution in [3.63, 3.8) is 0 Å². The van der Waals surface area contributed by atoms with E-state index in [9.17, 15) is 5.11 Å². The van der Waals surface area contributed by atoms with Crippen molar-refractivity contribution >= 4 is 11.3 Å². The van der Waals surface area contributed by atoms with Crippen LogP contribution < -0.4 is 0 Å². The third kappa shape index (κ3) is 2.33. The van der Waals surface area contributed by atoms with Crippen LogP contribution in [0, 0.1) is 12.3 Å². The van der Waals surface area contributed by atoms with Gasteiger partial charge in [0.05, 0.1) is 0 Å². The van der Waals surface area contributed by atoms with Crippen molar-refractivity contribution in [3.05, 3.63) is 21.9 Å². The highest BCUT2D eigenvalue weighted by Gasteiger charge is 2.17. The van der Waals surface area contributed by atoms with Gasteiger partial charge < -0.3 is 5.11 Å². The first-order chi connectivity index (χ1) is 5.95. The Labute approximate surface area is 83.4 Å². The number of aliphatic hydroxyl groups is 1. The zero-order valence-corrected chi connectivity index (χ0v) is 8.98. The summed E-state index contributed by atoms with van der Waals surface area (Å²) in [6, 6.07) is 3.93. The van der Waals surface area contributed by atoms with Gasteiger partial charge in [0.1, 0.15) is 6.10 Å². The largest absolute Gasteiger partial charge is 0.375 e. The van der Waals surface area contributed by atoms with Crippen LogP contribution in [0.3, 0.4) is 0 Å². The predicted molar refractivity (Wildman–Crippen MR) is 56.8 cm³/mol. The molecule has 1 N–H and O–H groups in total. The van der Waals surface area contributed by atoms with E-state index in [1.807, 2.05) is 12.1 Å². The summed E-state index contributed by atoms with van der Waals surface area (Å²) in [6.45, 7) is 6.43. The predicted octanol–water partition coefficient (Wildman–Crippen LogP) is 2.71. The number of aliphatic hydroxyl groups excluding tert-OH is 1. The van der Waals surface area contributed by atoms with E-state index in [0.717, 1.165) is 4.88 Å². The van der Waals surface area contributed by atoms with E-state index in [-0.39, 0.29) is 5.41 Å². The summed E-state index contributed by atoms with van der Waals surface area (Å²) in [7, 11) is 0. The first kappa shape index (κ1) is 10.3. The van der Waals surface area contributed by atoms with Crippen LogP contribution in [-0.4, -0.2) is 5.11 Å². The average molecular weight is 194 g/mol. The molecule has 1 atom stereocenters. The van der Waals surface area contributed by atoms with Crippen molar-refractivity contribution in [3.8, 4) is 12.3 Å². The Balaban J connectivity index is 2.95. The van der Waals surface area contributed by atoms with Gasteiger partial charge in [-0.25, -0.2) is 0 Å². The maximum atomic E-state index is 9.38. The van der Waals surface area contributed by atoms with Gasteiger partial charge >= 0.3 is 0 Å². The number of rotatable bonds is 1. The molecular formula is C11H14OS. The summed E-state index contributed by atoms with van der Waals surface area (Å²) in [5.41, 5.74) is 0.136. The van der Waals surface area contributed by atoms with Crippen molar-refractivity contribution in [2.24, 2.45) is 0 Å². The van der Waals surface area contributed by atoms with Gasteiger partial charge in [-0.15, -0.1) is 17.8 Å². The lowest BCUT2D eigenvalue weighted by Crippen LogP contribution is -2.07. The van der Waals surface area contributed by atoms with E-state index in [1.165, 1.54) is 4.88 Å². The SMILES string of the molecule is C#CC(O)c1ccc(C(C)(C)C)s1. The molecule has 1 unspecified atom stereocenters. The molecule has 0 aliphatic carbocycles. The monoisotopic (exact) mass is 194 g/mol. The standard InChI is InChI=1S/C11H14OS/c1-5-8(12)9-6-7-10(13-9)11(2,3)4/h1,6-8,12H,2-4H3. The normalized spacial score (nSPS) is 13.8. The van der Waals surface area contributed by atoms with Crippen LogP contribution >= 0.6 is 11.3 Å². The lowest BCUT2D eigenvalue weighted by molar-refractivity contribution is 0.242. The Morgan fingerprint density at radius 2 is 2.08 bits per heavy atom. The third-order valence-corrected chi connectivity index (χ3v) is 3.36. The van der Waals surface area contributed by atoms with Gasteiger partial charge in [0.25, 0.3) is 0 Å². The van der Waals surface area contributed by atoms with Crippen LogP contribution in [0.15, 0.2) is 12.1 Å². The number of hydrogen-bond donors (Lipinski definition) is 1. The first-order valence-corrected chi connectivity index (χ1v) is 5.01. The van der Waals surface area contributed by atoms with E-state index < -0.39 is 6.10 Å². The highest BCUT2D eigenvalue weighted by Crippen LogP contribution is 2.31. The Kier molecular flexibility index (Phi) is 2.80. The molecule has 0 fully saturated rings. The average Bonchev–Trinajstić information content (AvgIpc) is 2.50. The molecule has 0 aromatic carbocycles. The van der Waals surface area contributed by atoms with Crippen LogP contribution in [-0.2, 0) is 5.41 Å². The smallest absolute Gasteiger partial charge is 0.149 e. The third-order valence-electron chi connectivity index (χ3n) is 1.79. The van der Waals surface area contributed by atoms with Crippen LogP contribution in [0.4, 0.5) is 0 Å². The van der Waals surface area contributed by atoms with Crippen LogP contribution in [0.1, 0.15) is 36.6 Å². The molecule has 70 valence electrons. The maximum Gasteiger partial charge on any atom is 0.149 e. The number of thiophene rings is 1. The van der Waals surface area contributed by atoms with Crippen LogP contribution in [0.25, 0.3) is 0 Å². The second-order valence-electron chi connectivity index (χ2n) is 4.02. The fourth-order valence-corrected chi connectivity index (χ4v) is 2.00. The zero-order valence-electron chi connectivity index (χ0n) is 8.16. The molecule has 0 spiro atoms. The molecule has 0 saturated heterocycles. The van der Waals surface area contributed by atoms with Gasteiger partial charge in [-0.2, -0.15) is 0 Å². The van der Waals surface area contributed by atoms with Gasteiger partial charge in [-0.3, -0.25) is 0 Å². The lowest BCUT2D eigenvalue weighted by atomic mass is 9.95. The minimum Gasteiger partial charge on any atom is -0.375 e. The summed E-state index contributed by atoms with van der Waals surface area (Å²) in [4.78, 5) is 2.10. The van der Waals surface area contributed by atoms with E-state index in [1.54, 1.807) is 11.3 Å². The second-order valence-corrected chi connectivity index (χ2v) is 5.14. The summed E-state index contributed by atoms with van der Waals surface area (Å²) < 4.78 is 0.